The highest BCUT2D eigenvalue weighted by Gasteiger charge is 2.10. The summed E-state index contributed by atoms with van der Waals surface area (Å²) >= 11 is 0. The number of allylic oxidation sites excluding steroid dienone is 1. The van der Waals surface area contributed by atoms with Gasteiger partial charge in [0, 0.05) is 12.7 Å². The predicted octanol–water partition coefficient (Wildman–Crippen LogP) is 6.10. The number of aryl methyl sites for hydroxylation is 1. The van der Waals surface area contributed by atoms with Crippen molar-refractivity contribution in [2.45, 2.75) is 45.4 Å². The molecule has 2 heteroatoms. The lowest BCUT2D eigenvalue weighted by Crippen LogP contribution is -2.26. The van der Waals surface area contributed by atoms with E-state index < -0.39 is 0 Å². The van der Waals surface area contributed by atoms with Crippen molar-refractivity contribution in [1.29, 1.82) is 0 Å². The van der Waals surface area contributed by atoms with Crippen molar-refractivity contribution in [3.05, 3.63) is 65.2 Å². The Balaban J connectivity index is 1.68. The Morgan fingerprint density at radius 2 is 1.70 bits per heavy atom. The van der Waals surface area contributed by atoms with Crippen LogP contribution in [-0.4, -0.2) is 31.6 Å². The molecular formula is C25H34N2. The molecule has 1 heterocycles. The van der Waals surface area contributed by atoms with E-state index in [1.54, 1.807) is 0 Å². The van der Waals surface area contributed by atoms with Gasteiger partial charge in [-0.3, -0.25) is 0 Å². The zero-order valence-electron chi connectivity index (χ0n) is 17.0. The fourth-order valence-corrected chi connectivity index (χ4v) is 4.12. The van der Waals surface area contributed by atoms with E-state index in [2.05, 4.69) is 71.7 Å². The van der Waals surface area contributed by atoms with Gasteiger partial charge in [0.25, 0.3) is 0 Å². The Kier molecular flexibility index (Phi) is 7.53. The molecule has 0 radical (unpaired) electrons. The second kappa shape index (κ2) is 10.3. The van der Waals surface area contributed by atoms with E-state index in [0.29, 0.717) is 0 Å². The summed E-state index contributed by atoms with van der Waals surface area (Å²) in [4.78, 5) is 2.66. The van der Waals surface area contributed by atoms with E-state index in [9.17, 15) is 0 Å². The standard InChI is InChI=1S/C25H34N2/c1-21(22-12-6-5-7-13-22)20-24-15-10-14-23(25(24)26-2)16-11-19-27-17-8-3-4-9-18-27/h5-7,10,12-15,20,26H,3-4,8-9,11,16-19H2,1-2H3/b21-20+. The zero-order chi connectivity index (χ0) is 18.9. The topological polar surface area (TPSA) is 15.3 Å². The molecule has 0 unspecified atom stereocenters. The van der Waals surface area contributed by atoms with E-state index in [1.165, 1.54) is 79.7 Å². The normalized spacial score (nSPS) is 16.1. The summed E-state index contributed by atoms with van der Waals surface area (Å²) in [5, 5.41) is 3.46. The molecular weight excluding hydrogens is 328 g/mol. The Bertz CT molecular complexity index is 725. The van der Waals surface area contributed by atoms with Crippen molar-refractivity contribution in [2.75, 3.05) is 32.0 Å². The van der Waals surface area contributed by atoms with Crippen LogP contribution in [0.2, 0.25) is 0 Å². The van der Waals surface area contributed by atoms with E-state index in [-0.39, 0.29) is 0 Å². The first kappa shape index (κ1) is 19.7. The molecule has 0 bridgehead atoms. The van der Waals surface area contributed by atoms with Gasteiger partial charge in [0.2, 0.25) is 0 Å². The average molecular weight is 363 g/mol. The summed E-state index contributed by atoms with van der Waals surface area (Å²) in [6.07, 6.45) is 10.3. The van der Waals surface area contributed by atoms with Crippen molar-refractivity contribution < 1.29 is 0 Å². The summed E-state index contributed by atoms with van der Waals surface area (Å²) < 4.78 is 0. The van der Waals surface area contributed by atoms with Crippen LogP contribution < -0.4 is 5.32 Å². The maximum absolute atomic E-state index is 3.46. The number of hydrogen-bond donors (Lipinski definition) is 1. The molecule has 1 aliphatic heterocycles. The molecule has 0 amide bonds. The quantitative estimate of drug-likeness (QED) is 0.599. The minimum atomic E-state index is 1.14. The monoisotopic (exact) mass is 362 g/mol. The van der Waals surface area contributed by atoms with Crippen molar-refractivity contribution in [3.63, 3.8) is 0 Å². The summed E-state index contributed by atoms with van der Waals surface area (Å²) in [6.45, 7) is 6.00. The lowest BCUT2D eigenvalue weighted by Gasteiger charge is -2.20. The first-order valence-electron chi connectivity index (χ1n) is 10.5. The molecule has 0 aromatic heterocycles. The molecule has 144 valence electrons. The van der Waals surface area contributed by atoms with E-state index >= 15 is 0 Å². The minimum Gasteiger partial charge on any atom is -0.387 e. The third kappa shape index (κ3) is 5.71. The van der Waals surface area contributed by atoms with Gasteiger partial charge >= 0.3 is 0 Å². The predicted molar refractivity (Wildman–Crippen MR) is 119 cm³/mol. The van der Waals surface area contributed by atoms with Crippen LogP contribution in [-0.2, 0) is 6.42 Å². The lowest BCUT2D eigenvalue weighted by molar-refractivity contribution is 0.282. The fourth-order valence-electron chi connectivity index (χ4n) is 4.12. The molecule has 2 nitrogen and oxygen atoms in total. The van der Waals surface area contributed by atoms with Crippen molar-refractivity contribution in [3.8, 4) is 0 Å². The number of anilines is 1. The van der Waals surface area contributed by atoms with Crippen LogP contribution in [0.25, 0.3) is 11.6 Å². The van der Waals surface area contributed by atoms with Crippen LogP contribution in [0.4, 0.5) is 5.69 Å². The highest BCUT2D eigenvalue weighted by molar-refractivity contribution is 5.85. The zero-order valence-corrected chi connectivity index (χ0v) is 17.0. The molecule has 0 atom stereocenters. The minimum absolute atomic E-state index is 1.14. The highest BCUT2D eigenvalue weighted by atomic mass is 15.1. The third-order valence-electron chi connectivity index (χ3n) is 5.65. The SMILES string of the molecule is CNc1c(/C=C(\C)c2ccccc2)cccc1CCCN1CCCCCC1. The molecule has 2 aromatic rings. The van der Waals surface area contributed by atoms with Crippen LogP contribution in [0.1, 0.15) is 55.7 Å². The van der Waals surface area contributed by atoms with Crippen LogP contribution in [0.15, 0.2) is 48.5 Å². The molecule has 0 aliphatic carbocycles. The average Bonchev–Trinajstić information content (AvgIpc) is 2.98. The van der Waals surface area contributed by atoms with Gasteiger partial charge < -0.3 is 10.2 Å². The molecule has 1 saturated heterocycles. The van der Waals surface area contributed by atoms with Gasteiger partial charge in [-0.25, -0.2) is 0 Å². The first-order valence-corrected chi connectivity index (χ1v) is 10.5. The summed E-state index contributed by atoms with van der Waals surface area (Å²) in [7, 11) is 2.04. The summed E-state index contributed by atoms with van der Waals surface area (Å²) in [5.74, 6) is 0. The molecule has 1 N–H and O–H groups in total. The maximum Gasteiger partial charge on any atom is 0.0443 e. The van der Waals surface area contributed by atoms with Crippen molar-refractivity contribution >= 4 is 17.3 Å². The molecule has 1 aliphatic rings. The highest BCUT2D eigenvalue weighted by Crippen LogP contribution is 2.27. The third-order valence-corrected chi connectivity index (χ3v) is 5.65. The lowest BCUT2D eigenvalue weighted by atomic mass is 9.99. The Morgan fingerprint density at radius 3 is 2.41 bits per heavy atom. The second-order valence-electron chi connectivity index (χ2n) is 7.68. The Labute approximate surface area is 165 Å². The van der Waals surface area contributed by atoms with Crippen LogP contribution >= 0.6 is 0 Å². The molecule has 0 spiro atoms. The van der Waals surface area contributed by atoms with Crippen LogP contribution in [0.5, 0.6) is 0 Å². The van der Waals surface area contributed by atoms with E-state index in [1.807, 2.05) is 7.05 Å². The number of benzene rings is 2. The molecule has 0 saturated carbocycles. The molecule has 2 aromatic carbocycles. The Hall–Kier alpha value is -2.06. The van der Waals surface area contributed by atoms with Crippen LogP contribution in [0.3, 0.4) is 0 Å². The number of rotatable bonds is 7. The second-order valence-corrected chi connectivity index (χ2v) is 7.68. The summed E-state index contributed by atoms with van der Waals surface area (Å²) in [5.41, 5.74) is 6.58. The van der Waals surface area contributed by atoms with E-state index in [0.717, 1.165) is 6.42 Å². The maximum atomic E-state index is 3.46. The number of hydrogen-bond acceptors (Lipinski definition) is 2. The largest absolute Gasteiger partial charge is 0.387 e. The molecule has 1 fully saturated rings. The number of likely N-dealkylation sites (tertiary alicyclic amines) is 1. The fraction of sp³-hybridized carbons (Fsp3) is 0.440. The smallest absolute Gasteiger partial charge is 0.0443 e. The van der Waals surface area contributed by atoms with Crippen molar-refractivity contribution in [1.82, 2.24) is 4.90 Å². The molecule has 27 heavy (non-hydrogen) atoms. The van der Waals surface area contributed by atoms with Crippen molar-refractivity contribution in [2.24, 2.45) is 0 Å². The summed E-state index contributed by atoms with van der Waals surface area (Å²) in [6, 6.07) is 17.3. The van der Waals surface area contributed by atoms with Gasteiger partial charge in [-0.1, -0.05) is 61.4 Å². The number of para-hydroxylation sites is 1. The van der Waals surface area contributed by atoms with Crippen LogP contribution in [0, 0.1) is 0 Å². The molecule has 3 rings (SSSR count). The Morgan fingerprint density at radius 1 is 0.963 bits per heavy atom. The van der Waals surface area contributed by atoms with Gasteiger partial charge in [0.05, 0.1) is 0 Å². The van der Waals surface area contributed by atoms with Gasteiger partial charge in [-0.2, -0.15) is 0 Å². The van der Waals surface area contributed by atoms with E-state index in [4.69, 9.17) is 0 Å². The number of nitrogens with zero attached hydrogens (tertiary/aromatic N) is 1. The van der Waals surface area contributed by atoms with Gasteiger partial charge in [-0.05, 0) is 80.6 Å². The van der Waals surface area contributed by atoms with Gasteiger partial charge in [-0.15, -0.1) is 0 Å². The first-order chi connectivity index (χ1) is 13.3. The number of nitrogens with one attached hydrogen (secondary N) is 1. The van der Waals surface area contributed by atoms with Gasteiger partial charge in [0.1, 0.15) is 0 Å². The van der Waals surface area contributed by atoms with Gasteiger partial charge in [0.15, 0.2) is 0 Å².